The number of nitrogens with zero attached hydrogens (tertiary/aromatic N) is 1. The van der Waals surface area contributed by atoms with E-state index in [2.05, 4.69) is 10.2 Å². The number of hydrogen-bond acceptors (Lipinski definition) is 6. The average molecular weight is 398 g/mol. The zero-order chi connectivity index (χ0) is 20.6. The van der Waals surface area contributed by atoms with Gasteiger partial charge >= 0.3 is 5.97 Å². The van der Waals surface area contributed by atoms with E-state index in [0.717, 1.165) is 37.6 Å². The molecule has 29 heavy (non-hydrogen) atoms. The number of hydrogen-bond donors (Lipinski definition) is 1. The molecule has 1 heterocycles. The Morgan fingerprint density at radius 1 is 1.14 bits per heavy atom. The molecule has 1 amide bonds. The van der Waals surface area contributed by atoms with Crippen LogP contribution in [0.4, 0.5) is 11.4 Å². The van der Waals surface area contributed by atoms with Crippen LogP contribution in [0.3, 0.4) is 0 Å². The summed E-state index contributed by atoms with van der Waals surface area (Å²) in [5.41, 5.74) is 2.76. The third kappa shape index (κ3) is 6.22. The minimum Gasteiger partial charge on any atom is -0.479 e. The predicted molar refractivity (Wildman–Crippen MR) is 110 cm³/mol. The molecule has 2 aromatic rings. The van der Waals surface area contributed by atoms with E-state index in [-0.39, 0.29) is 6.61 Å². The van der Waals surface area contributed by atoms with E-state index in [1.165, 1.54) is 0 Å². The predicted octanol–water partition coefficient (Wildman–Crippen LogP) is 2.78. The lowest BCUT2D eigenvalue weighted by molar-refractivity contribution is -0.153. The maximum absolute atomic E-state index is 12.1. The maximum Gasteiger partial charge on any atom is 0.347 e. The molecule has 2 aromatic carbocycles. The van der Waals surface area contributed by atoms with Crippen molar-refractivity contribution in [1.82, 2.24) is 0 Å². The lowest BCUT2D eigenvalue weighted by atomic mass is 10.2. The van der Waals surface area contributed by atoms with Gasteiger partial charge < -0.3 is 24.4 Å². The highest BCUT2D eigenvalue weighted by molar-refractivity contribution is 5.93. The molecule has 0 bridgehead atoms. The summed E-state index contributed by atoms with van der Waals surface area (Å²) in [5, 5.41) is 2.72. The number of nitrogens with one attached hydrogen (secondary N) is 1. The van der Waals surface area contributed by atoms with Crippen LogP contribution in [0.15, 0.2) is 48.5 Å². The van der Waals surface area contributed by atoms with E-state index in [0.29, 0.717) is 11.4 Å². The highest BCUT2D eigenvalue weighted by atomic mass is 16.6. The molecule has 1 saturated heterocycles. The molecule has 0 unspecified atom stereocenters. The second-order valence-electron chi connectivity index (χ2n) is 6.88. The third-order valence-electron chi connectivity index (χ3n) is 4.51. The fourth-order valence-corrected chi connectivity index (χ4v) is 2.97. The van der Waals surface area contributed by atoms with Crippen molar-refractivity contribution in [2.24, 2.45) is 0 Å². The Kier molecular flexibility index (Phi) is 7.08. The fraction of sp³-hybridized carbons (Fsp3) is 0.364. The largest absolute Gasteiger partial charge is 0.479 e. The van der Waals surface area contributed by atoms with Gasteiger partial charge in [-0.05, 0) is 55.8 Å². The van der Waals surface area contributed by atoms with E-state index in [1.54, 1.807) is 13.0 Å². The molecule has 1 aliphatic rings. The molecule has 1 fully saturated rings. The minimum atomic E-state index is -0.808. The first kappa shape index (κ1) is 20.7. The summed E-state index contributed by atoms with van der Waals surface area (Å²) in [6.45, 7) is 6.30. The summed E-state index contributed by atoms with van der Waals surface area (Å²) < 4.78 is 16.0. The number of esters is 1. The van der Waals surface area contributed by atoms with Gasteiger partial charge in [-0.2, -0.15) is 0 Å². The zero-order valence-corrected chi connectivity index (χ0v) is 16.7. The number of amides is 1. The first-order valence-electron chi connectivity index (χ1n) is 9.64. The summed E-state index contributed by atoms with van der Waals surface area (Å²) in [5.74, 6) is -0.413. The Morgan fingerprint density at radius 3 is 2.55 bits per heavy atom. The van der Waals surface area contributed by atoms with E-state index in [4.69, 9.17) is 14.2 Å². The Balaban J connectivity index is 1.43. The Morgan fingerprint density at radius 2 is 1.86 bits per heavy atom. The van der Waals surface area contributed by atoms with Gasteiger partial charge in [0.05, 0.1) is 13.2 Å². The molecular weight excluding hydrogens is 372 g/mol. The van der Waals surface area contributed by atoms with Crippen LogP contribution in [0.5, 0.6) is 5.75 Å². The summed E-state index contributed by atoms with van der Waals surface area (Å²) >= 11 is 0. The quantitative estimate of drug-likeness (QED) is 0.723. The fourth-order valence-electron chi connectivity index (χ4n) is 2.97. The van der Waals surface area contributed by atoms with Crippen LogP contribution < -0.4 is 15.0 Å². The molecule has 7 nitrogen and oxygen atoms in total. The van der Waals surface area contributed by atoms with Gasteiger partial charge in [0.25, 0.3) is 5.91 Å². The number of rotatable bonds is 7. The van der Waals surface area contributed by atoms with Gasteiger partial charge in [0, 0.05) is 24.5 Å². The van der Waals surface area contributed by atoms with Gasteiger partial charge in [0.2, 0.25) is 0 Å². The number of carbonyl (C=O) groups excluding carboxylic acids is 2. The van der Waals surface area contributed by atoms with Gasteiger partial charge in [0.1, 0.15) is 5.75 Å². The van der Waals surface area contributed by atoms with Gasteiger partial charge in [0.15, 0.2) is 12.7 Å². The van der Waals surface area contributed by atoms with Crippen LogP contribution in [0.25, 0.3) is 0 Å². The molecule has 7 heteroatoms. The Bertz CT molecular complexity index is 831. The second kappa shape index (κ2) is 9.93. The van der Waals surface area contributed by atoms with E-state index in [1.807, 2.05) is 49.4 Å². The summed E-state index contributed by atoms with van der Waals surface area (Å²) in [6.07, 6.45) is -0.808. The van der Waals surface area contributed by atoms with Crippen molar-refractivity contribution < 1.29 is 23.8 Å². The first-order chi connectivity index (χ1) is 14.0. The average Bonchev–Trinajstić information content (AvgIpc) is 2.73. The van der Waals surface area contributed by atoms with E-state index >= 15 is 0 Å². The molecule has 0 radical (unpaired) electrons. The molecular formula is C22H26N2O5. The summed E-state index contributed by atoms with van der Waals surface area (Å²) in [4.78, 5) is 26.4. The standard InChI is InChI=1S/C22H26N2O5/c1-16-4-3-5-20(14-16)29-17(2)22(26)28-15-21(25)23-18-6-8-19(9-7-18)24-10-12-27-13-11-24/h3-9,14,17H,10-13,15H2,1-2H3,(H,23,25)/t17-/m1/s1. The number of benzene rings is 2. The lowest BCUT2D eigenvalue weighted by Gasteiger charge is -2.28. The number of ether oxygens (including phenoxy) is 3. The number of carbonyl (C=O) groups is 2. The van der Waals surface area contributed by atoms with Crippen LogP contribution in [0.2, 0.25) is 0 Å². The van der Waals surface area contributed by atoms with Crippen LogP contribution in [-0.4, -0.2) is 50.9 Å². The zero-order valence-electron chi connectivity index (χ0n) is 16.7. The Hall–Kier alpha value is -3.06. The van der Waals surface area contributed by atoms with Crippen molar-refractivity contribution in [2.45, 2.75) is 20.0 Å². The third-order valence-corrected chi connectivity index (χ3v) is 4.51. The van der Waals surface area contributed by atoms with Crippen LogP contribution in [-0.2, 0) is 19.1 Å². The molecule has 0 saturated carbocycles. The van der Waals surface area contributed by atoms with Crippen molar-refractivity contribution in [3.63, 3.8) is 0 Å². The molecule has 154 valence electrons. The Labute approximate surface area is 170 Å². The molecule has 1 aliphatic heterocycles. The smallest absolute Gasteiger partial charge is 0.347 e. The molecule has 0 spiro atoms. The topological polar surface area (TPSA) is 77.1 Å². The number of morpholine rings is 1. The SMILES string of the molecule is Cc1cccc(O[C@H](C)C(=O)OCC(=O)Nc2ccc(N3CCOCC3)cc2)c1. The van der Waals surface area contributed by atoms with E-state index in [9.17, 15) is 9.59 Å². The molecule has 0 aromatic heterocycles. The van der Waals surface area contributed by atoms with Crippen LogP contribution in [0.1, 0.15) is 12.5 Å². The lowest BCUT2D eigenvalue weighted by Crippen LogP contribution is -2.36. The molecule has 1 atom stereocenters. The van der Waals surface area contributed by atoms with Crippen molar-refractivity contribution in [3.05, 3.63) is 54.1 Å². The van der Waals surface area contributed by atoms with Crippen molar-refractivity contribution in [3.8, 4) is 5.75 Å². The number of aryl methyl sites for hydroxylation is 1. The first-order valence-corrected chi connectivity index (χ1v) is 9.64. The normalized spacial score (nSPS) is 14.8. The molecule has 0 aliphatic carbocycles. The minimum absolute atomic E-state index is 0.369. The van der Waals surface area contributed by atoms with Gasteiger partial charge in [-0.15, -0.1) is 0 Å². The van der Waals surface area contributed by atoms with Crippen molar-refractivity contribution in [2.75, 3.05) is 43.1 Å². The maximum atomic E-state index is 12.1. The summed E-state index contributed by atoms with van der Waals surface area (Å²) in [7, 11) is 0. The molecule has 1 N–H and O–H groups in total. The van der Waals surface area contributed by atoms with Gasteiger partial charge in [-0.1, -0.05) is 12.1 Å². The van der Waals surface area contributed by atoms with Gasteiger partial charge in [-0.3, -0.25) is 4.79 Å². The summed E-state index contributed by atoms with van der Waals surface area (Å²) in [6, 6.07) is 14.9. The van der Waals surface area contributed by atoms with E-state index < -0.39 is 18.0 Å². The van der Waals surface area contributed by atoms with Gasteiger partial charge in [-0.25, -0.2) is 4.79 Å². The van der Waals surface area contributed by atoms with Crippen molar-refractivity contribution in [1.29, 1.82) is 0 Å². The van der Waals surface area contributed by atoms with Crippen LogP contribution >= 0.6 is 0 Å². The molecule has 3 rings (SSSR count). The highest BCUT2D eigenvalue weighted by Crippen LogP contribution is 2.19. The highest BCUT2D eigenvalue weighted by Gasteiger charge is 2.18. The van der Waals surface area contributed by atoms with Crippen LogP contribution in [0, 0.1) is 6.92 Å². The van der Waals surface area contributed by atoms with Crippen molar-refractivity contribution >= 4 is 23.3 Å². The monoisotopic (exact) mass is 398 g/mol. The second-order valence-corrected chi connectivity index (χ2v) is 6.88. The number of anilines is 2.